The molecule has 2 fully saturated rings. The first-order valence-electron chi connectivity index (χ1n) is 5.24. The Balaban J connectivity index is 1.88. The molecule has 0 radical (unpaired) electrons. The first kappa shape index (κ1) is 9.44. The van der Waals surface area contributed by atoms with Crippen LogP contribution in [-0.4, -0.2) is 50.5 Å². The summed E-state index contributed by atoms with van der Waals surface area (Å²) in [7, 11) is 1.79. The maximum Gasteiger partial charge on any atom is 0.0622 e. The van der Waals surface area contributed by atoms with Gasteiger partial charge in [-0.25, -0.2) is 0 Å². The van der Waals surface area contributed by atoms with Crippen LogP contribution in [0, 0.1) is 0 Å². The Bertz CT molecular complexity index is 157. The van der Waals surface area contributed by atoms with E-state index in [1.807, 2.05) is 0 Å². The van der Waals surface area contributed by atoms with E-state index in [0.29, 0.717) is 12.1 Å². The van der Waals surface area contributed by atoms with Gasteiger partial charge in [-0.05, 0) is 25.8 Å². The van der Waals surface area contributed by atoms with Gasteiger partial charge in [0, 0.05) is 25.8 Å². The molecule has 2 aliphatic rings. The third kappa shape index (κ3) is 2.03. The zero-order chi connectivity index (χ0) is 9.10. The Hall–Kier alpha value is -0.120. The lowest BCUT2D eigenvalue weighted by atomic mass is 10.2. The van der Waals surface area contributed by atoms with Crippen LogP contribution in [-0.2, 0) is 9.47 Å². The van der Waals surface area contributed by atoms with Gasteiger partial charge in [0.05, 0.1) is 13.2 Å². The average molecular weight is 185 g/mol. The van der Waals surface area contributed by atoms with Crippen molar-refractivity contribution in [2.45, 2.75) is 31.3 Å². The van der Waals surface area contributed by atoms with Gasteiger partial charge in [-0.15, -0.1) is 0 Å². The maximum atomic E-state index is 5.41. The Morgan fingerprint density at radius 1 is 1.46 bits per heavy atom. The lowest BCUT2D eigenvalue weighted by Gasteiger charge is -2.28. The Morgan fingerprint density at radius 2 is 2.38 bits per heavy atom. The highest BCUT2D eigenvalue weighted by molar-refractivity contribution is 4.86. The highest BCUT2D eigenvalue weighted by atomic mass is 16.5. The quantitative estimate of drug-likeness (QED) is 0.651. The number of hydrogen-bond donors (Lipinski definition) is 0. The van der Waals surface area contributed by atoms with Crippen molar-refractivity contribution < 1.29 is 9.47 Å². The molecule has 0 aromatic rings. The molecular formula is C10H19NO2. The zero-order valence-corrected chi connectivity index (χ0v) is 8.37. The van der Waals surface area contributed by atoms with Crippen LogP contribution in [0.4, 0.5) is 0 Å². The monoisotopic (exact) mass is 185 g/mol. The smallest absolute Gasteiger partial charge is 0.0622 e. The molecule has 0 aliphatic carbocycles. The lowest BCUT2D eigenvalue weighted by molar-refractivity contribution is 0.0803. The number of likely N-dealkylation sites (tertiary alicyclic amines) is 1. The van der Waals surface area contributed by atoms with E-state index in [-0.39, 0.29) is 0 Å². The molecule has 1 unspecified atom stereocenters. The van der Waals surface area contributed by atoms with Crippen LogP contribution in [0.25, 0.3) is 0 Å². The molecule has 0 aromatic heterocycles. The van der Waals surface area contributed by atoms with Gasteiger partial charge in [-0.2, -0.15) is 0 Å². The third-order valence-corrected chi connectivity index (χ3v) is 3.16. The second kappa shape index (κ2) is 4.40. The fraction of sp³-hybridized carbons (Fsp3) is 1.00. The van der Waals surface area contributed by atoms with Gasteiger partial charge in [0.2, 0.25) is 0 Å². The molecule has 2 rings (SSSR count). The second-order valence-electron chi connectivity index (χ2n) is 4.01. The summed E-state index contributed by atoms with van der Waals surface area (Å²) in [6.07, 6.45) is 3.83. The van der Waals surface area contributed by atoms with Gasteiger partial charge in [0.15, 0.2) is 0 Å². The fourth-order valence-electron chi connectivity index (χ4n) is 2.49. The van der Waals surface area contributed by atoms with E-state index in [9.17, 15) is 0 Å². The van der Waals surface area contributed by atoms with Crippen LogP contribution in [0.2, 0.25) is 0 Å². The Kier molecular flexibility index (Phi) is 3.19. The number of hydrogen-bond acceptors (Lipinski definition) is 3. The predicted octanol–water partition coefficient (Wildman–Crippen LogP) is 0.886. The second-order valence-corrected chi connectivity index (χ2v) is 4.01. The van der Waals surface area contributed by atoms with Crippen LogP contribution in [0.3, 0.4) is 0 Å². The lowest BCUT2D eigenvalue weighted by Crippen LogP contribution is -2.41. The minimum Gasteiger partial charge on any atom is -0.383 e. The molecule has 2 aliphatic heterocycles. The van der Waals surface area contributed by atoms with Crippen LogP contribution < -0.4 is 0 Å². The van der Waals surface area contributed by atoms with E-state index in [2.05, 4.69) is 4.90 Å². The molecule has 3 nitrogen and oxygen atoms in total. The molecule has 0 saturated carbocycles. The average Bonchev–Trinajstić information content (AvgIpc) is 2.71. The Morgan fingerprint density at radius 3 is 3.08 bits per heavy atom. The first-order chi connectivity index (χ1) is 6.42. The van der Waals surface area contributed by atoms with Crippen molar-refractivity contribution in [1.82, 2.24) is 4.90 Å². The summed E-state index contributed by atoms with van der Waals surface area (Å²) in [5.41, 5.74) is 0. The summed E-state index contributed by atoms with van der Waals surface area (Å²) >= 11 is 0. The topological polar surface area (TPSA) is 21.7 Å². The van der Waals surface area contributed by atoms with E-state index >= 15 is 0 Å². The SMILES string of the molecule is COC[C@@H]1CCCN1C1CCOC1. The molecule has 0 aromatic carbocycles. The summed E-state index contributed by atoms with van der Waals surface area (Å²) < 4.78 is 10.6. The van der Waals surface area contributed by atoms with Crippen molar-refractivity contribution in [2.75, 3.05) is 33.5 Å². The van der Waals surface area contributed by atoms with Crippen molar-refractivity contribution in [3.63, 3.8) is 0 Å². The summed E-state index contributed by atoms with van der Waals surface area (Å²) in [6.45, 7) is 4.00. The van der Waals surface area contributed by atoms with Gasteiger partial charge >= 0.3 is 0 Å². The van der Waals surface area contributed by atoms with Gasteiger partial charge in [-0.1, -0.05) is 0 Å². The minimum atomic E-state index is 0.650. The molecule has 2 saturated heterocycles. The minimum absolute atomic E-state index is 0.650. The van der Waals surface area contributed by atoms with E-state index in [1.165, 1.54) is 25.8 Å². The van der Waals surface area contributed by atoms with Crippen molar-refractivity contribution in [1.29, 1.82) is 0 Å². The molecule has 13 heavy (non-hydrogen) atoms. The number of nitrogens with zero attached hydrogens (tertiary/aromatic N) is 1. The van der Waals surface area contributed by atoms with Crippen LogP contribution in [0.5, 0.6) is 0 Å². The molecule has 0 spiro atoms. The van der Waals surface area contributed by atoms with E-state index < -0.39 is 0 Å². The standard InChI is InChI=1S/C10H19NO2/c1-12-7-9-3-2-5-11(9)10-4-6-13-8-10/h9-10H,2-8H2,1H3/t9-,10?/m0/s1. The highest BCUT2D eigenvalue weighted by Crippen LogP contribution is 2.24. The van der Waals surface area contributed by atoms with Gasteiger partial charge in [0.1, 0.15) is 0 Å². The normalized spacial score (nSPS) is 35.8. The predicted molar refractivity (Wildman–Crippen MR) is 50.8 cm³/mol. The van der Waals surface area contributed by atoms with Crippen molar-refractivity contribution >= 4 is 0 Å². The van der Waals surface area contributed by atoms with Crippen LogP contribution in [0.1, 0.15) is 19.3 Å². The first-order valence-corrected chi connectivity index (χ1v) is 5.24. The Labute approximate surface area is 80.0 Å². The molecule has 2 heterocycles. The van der Waals surface area contributed by atoms with Crippen molar-refractivity contribution in [3.8, 4) is 0 Å². The molecule has 0 amide bonds. The molecule has 2 atom stereocenters. The zero-order valence-electron chi connectivity index (χ0n) is 8.37. The number of methoxy groups -OCH3 is 1. The molecule has 0 bridgehead atoms. The largest absolute Gasteiger partial charge is 0.383 e. The van der Waals surface area contributed by atoms with Crippen LogP contribution >= 0.6 is 0 Å². The summed E-state index contributed by atoms with van der Waals surface area (Å²) in [6, 6.07) is 1.32. The number of rotatable bonds is 3. The van der Waals surface area contributed by atoms with Gasteiger partial charge in [-0.3, -0.25) is 4.90 Å². The van der Waals surface area contributed by atoms with Crippen LogP contribution in [0.15, 0.2) is 0 Å². The van der Waals surface area contributed by atoms with Crippen molar-refractivity contribution in [2.24, 2.45) is 0 Å². The maximum absolute atomic E-state index is 5.41. The molecule has 0 N–H and O–H groups in total. The molecular weight excluding hydrogens is 166 g/mol. The third-order valence-electron chi connectivity index (χ3n) is 3.16. The van der Waals surface area contributed by atoms with E-state index in [1.54, 1.807) is 7.11 Å². The number of ether oxygens (including phenoxy) is 2. The molecule has 76 valence electrons. The summed E-state index contributed by atoms with van der Waals surface area (Å²) in [5, 5.41) is 0. The summed E-state index contributed by atoms with van der Waals surface area (Å²) in [4.78, 5) is 2.58. The summed E-state index contributed by atoms with van der Waals surface area (Å²) in [5.74, 6) is 0. The van der Waals surface area contributed by atoms with E-state index in [4.69, 9.17) is 9.47 Å². The highest BCUT2D eigenvalue weighted by Gasteiger charge is 2.32. The van der Waals surface area contributed by atoms with Crippen molar-refractivity contribution in [3.05, 3.63) is 0 Å². The van der Waals surface area contributed by atoms with E-state index in [0.717, 1.165) is 19.8 Å². The molecule has 3 heteroatoms. The fourth-order valence-corrected chi connectivity index (χ4v) is 2.49. The van der Waals surface area contributed by atoms with Gasteiger partial charge in [0.25, 0.3) is 0 Å². The van der Waals surface area contributed by atoms with Gasteiger partial charge < -0.3 is 9.47 Å².